The van der Waals surface area contributed by atoms with Gasteiger partial charge in [0.15, 0.2) is 0 Å². The molecule has 2 N–H and O–H groups in total. The zero-order chi connectivity index (χ0) is 6.27. The Balaban J connectivity index is 2.09. The molecule has 0 aromatic heterocycles. The first-order valence-electron chi connectivity index (χ1n) is 3.01. The van der Waals surface area contributed by atoms with E-state index in [-0.39, 0.29) is 6.03 Å². The number of carbonyl (C=O) groups is 1. The lowest BCUT2D eigenvalue weighted by Gasteiger charge is -2.02. The molecule has 3 nitrogen and oxygen atoms in total. The smallest absolute Gasteiger partial charge is 0.315 e. The third-order valence-electron chi connectivity index (χ3n) is 1.71. The van der Waals surface area contributed by atoms with Crippen molar-refractivity contribution < 1.29 is 4.79 Å². The van der Waals surface area contributed by atoms with Crippen LogP contribution in [0.25, 0.3) is 0 Å². The van der Waals surface area contributed by atoms with Gasteiger partial charge in [-0.25, -0.2) is 4.79 Å². The molecule has 0 bridgehead atoms. The van der Waals surface area contributed by atoms with Crippen molar-refractivity contribution in [3.05, 3.63) is 0 Å². The maximum Gasteiger partial charge on any atom is 0.315 e. The molecule has 1 unspecified atom stereocenters. The average molecular weight is 144 g/mol. The molecule has 4 heteroatoms. The summed E-state index contributed by atoms with van der Waals surface area (Å²) < 4.78 is 0. The minimum Gasteiger partial charge on any atom is -0.332 e. The van der Waals surface area contributed by atoms with E-state index in [1.54, 1.807) is 0 Å². The van der Waals surface area contributed by atoms with Gasteiger partial charge in [0.05, 0.1) is 12.1 Å². The number of nitrogens with one attached hydrogen (secondary N) is 2. The summed E-state index contributed by atoms with van der Waals surface area (Å²) in [5.74, 6) is 2.15. The fourth-order valence-corrected chi connectivity index (χ4v) is 2.49. The monoisotopic (exact) mass is 144 g/mol. The Hall–Kier alpha value is -0.380. The second kappa shape index (κ2) is 1.80. The summed E-state index contributed by atoms with van der Waals surface area (Å²) in [6, 6.07) is 0.815. The van der Waals surface area contributed by atoms with E-state index in [4.69, 9.17) is 0 Å². The number of carbonyl (C=O) groups excluding carboxylic acids is 1. The molecule has 2 atom stereocenters. The van der Waals surface area contributed by atoms with Crippen LogP contribution in [0.4, 0.5) is 4.79 Å². The standard InChI is InChI=1S/C5H8N2OS/c8-5-6-3-1-9-2-4(3)7-5/h3-4H,1-2H2,(H2,6,7,8)/t3-,4?/m1/s1. The number of hydrogen-bond acceptors (Lipinski definition) is 2. The molecule has 2 heterocycles. The number of amides is 2. The van der Waals surface area contributed by atoms with Crippen LogP contribution in [0.5, 0.6) is 0 Å². The van der Waals surface area contributed by atoms with Gasteiger partial charge >= 0.3 is 6.03 Å². The number of fused-ring (bicyclic) bond motifs is 1. The van der Waals surface area contributed by atoms with Crippen LogP contribution in [0, 0.1) is 0 Å². The highest BCUT2D eigenvalue weighted by atomic mass is 32.2. The van der Waals surface area contributed by atoms with Crippen molar-refractivity contribution in [2.75, 3.05) is 11.5 Å². The molecule has 0 saturated carbocycles. The molecule has 2 amide bonds. The fraction of sp³-hybridized carbons (Fsp3) is 0.800. The van der Waals surface area contributed by atoms with Gasteiger partial charge in [-0.15, -0.1) is 0 Å². The molecule has 0 radical (unpaired) electrons. The number of hydrogen-bond donors (Lipinski definition) is 2. The van der Waals surface area contributed by atoms with Crippen molar-refractivity contribution in [3.8, 4) is 0 Å². The van der Waals surface area contributed by atoms with Gasteiger partial charge in [-0.3, -0.25) is 0 Å². The predicted molar refractivity (Wildman–Crippen MR) is 36.6 cm³/mol. The minimum atomic E-state index is 0.00491. The van der Waals surface area contributed by atoms with E-state index in [2.05, 4.69) is 10.6 Å². The third-order valence-corrected chi connectivity index (χ3v) is 2.90. The van der Waals surface area contributed by atoms with Crippen LogP contribution in [-0.2, 0) is 0 Å². The van der Waals surface area contributed by atoms with Crippen molar-refractivity contribution in [2.45, 2.75) is 12.1 Å². The van der Waals surface area contributed by atoms with Gasteiger partial charge in [0.2, 0.25) is 0 Å². The fourth-order valence-electron chi connectivity index (χ4n) is 1.22. The first kappa shape index (κ1) is 5.41. The Kier molecular flexibility index (Phi) is 1.08. The van der Waals surface area contributed by atoms with E-state index in [9.17, 15) is 4.79 Å². The molecular weight excluding hydrogens is 136 g/mol. The Morgan fingerprint density at radius 3 is 2.44 bits per heavy atom. The van der Waals surface area contributed by atoms with Crippen molar-refractivity contribution in [2.24, 2.45) is 0 Å². The maximum absolute atomic E-state index is 10.6. The van der Waals surface area contributed by atoms with Gasteiger partial charge in [0.1, 0.15) is 0 Å². The zero-order valence-corrected chi connectivity index (χ0v) is 5.70. The van der Waals surface area contributed by atoms with E-state index in [0.717, 1.165) is 11.5 Å². The first-order valence-corrected chi connectivity index (χ1v) is 4.16. The van der Waals surface area contributed by atoms with Crippen LogP contribution in [0.2, 0.25) is 0 Å². The molecule has 50 valence electrons. The Morgan fingerprint density at radius 2 is 1.89 bits per heavy atom. The summed E-state index contributed by atoms with van der Waals surface area (Å²) in [6.07, 6.45) is 0. The molecule has 2 saturated heterocycles. The maximum atomic E-state index is 10.6. The van der Waals surface area contributed by atoms with Gasteiger partial charge in [-0.05, 0) is 0 Å². The van der Waals surface area contributed by atoms with E-state index >= 15 is 0 Å². The third kappa shape index (κ3) is 0.775. The molecule has 0 spiro atoms. The first-order chi connectivity index (χ1) is 4.36. The van der Waals surface area contributed by atoms with Crippen LogP contribution in [0.1, 0.15) is 0 Å². The van der Waals surface area contributed by atoms with Crippen molar-refractivity contribution in [3.63, 3.8) is 0 Å². The average Bonchev–Trinajstić information content (AvgIpc) is 2.22. The van der Waals surface area contributed by atoms with Crippen LogP contribution < -0.4 is 10.6 Å². The highest BCUT2D eigenvalue weighted by Crippen LogP contribution is 2.20. The van der Waals surface area contributed by atoms with E-state index in [1.165, 1.54) is 0 Å². The minimum absolute atomic E-state index is 0.00491. The second-order valence-corrected chi connectivity index (χ2v) is 3.44. The van der Waals surface area contributed by atoms with Gasteiger partial charge < -0.3 is 10.6 Å². The molecule has 2 fully saturated rings. The van der Waals surface area contributed by atoms with Gasteiger partial charge in [0.25, 0.3) is 0 Å². The topological polar surface area (TPSA) is 41.1 Å². The highest BCUT2D eigenvalue weighted by molar-refractivity contribution is 7.99. The summed E-state index contributed by atoms with van der Waals surface area (Å²) in [6.45, 7) is 0. The predicted octanol–water partition coefficient (Wildman–Crippen LogP) is -0.217. The Bertz CT molecular complexity index is 136. The molecule has 0 aromatic rings. The van der Waals surface area contributed by atoms with Gasteiger partial charge in [-0.2, -0.15) is 11.8 Å². The summed E-state index contributed by atoms with van der Waals surface area (Å²) in [5.41, 5.74) is 0. The molecule has 9 heavy (non-hydrogen) atoms. The molecule has 2 aliphatic rings. The zero-order valence-electron chi connectivity index (χ0n) is 4.89. The molecule has 2 rings (SSSR count). The lowest BCUT2D eigenvalue weighted by atomic mass is 10.2. The molecule has 0 aliphatic carbocycles. The summed E-state index contributed by atoms with van der Waals surface area (Å²) in [4.78, 5) is 10.6. The normalized spacial score (nSPS) is 39.8. The van der Waals surface area contributed by atoms with E-state index in [0.29, 0.717) is 12.1 Å². The van der Waals surface area contributed by atoms with Crippen molar-refractivity contribution in [1.82, 2.24) is 10.6 Å². The largest absolute Gasteiger partial charge is 0.332 e. The van der Waals surface area contributed by atoms with Crippen molar-refractivity contribution >= 4 is 17.8 Å². The quantitative estimate of drug-likeness (QED) is 0.462. The Morgan fingerprint density at radius 1 is 1.33 bits per heavy atom. The Labute approximate surface area is 57.6 Å². The molecular formula is C5H8N2OS. The summed E-state index contributed by atoms with van der Waals surface area (Å²) >= 11 is 1.89. The highest BCUT2D eigenvalue weighted by Gasteiger charge is 2.35. The number of urea groups is 1. The van der Waals surface area contributed by atoms with E-state index < -0.39 is 0 Å². The molecule has 2 aliphatic heterocycles. The summed E-state index contributed by atoms with van der Waals surface area (Å²) in [5, 5.41) is 5.69. The van der Waals surface area contributed by atoms with Crippen molar-refractivity contribution in [1.29, 1.82) is 0 Å². The molecule has 0 aromatic carbocycles. The summed E-state index contributed by atoms with van der Waals surface area (Å²) in [7, 11) is 0. The van der Waals surface area contributed by atoms with Crippen LogP contribution in [-0.4, -0.2) is 29.6 Å². The SMILES string of the molecule is O=C1NC2CSC[C@H]2N1. The number of rotatable bonds is 0. The van der Waals surface area contributed by atoms with Gasteiger partial charge in [0, 0.05) is 11.5 Å². The van der Waals surface area contributed by atoms with E-state index in [1.807, 2.05) is 11.8 Å². The van der Waals surface area contributed by atoms with Gasteiger partial charge in [-0.1, -0.05) is 0 Å². The van der Waals surface area contributed by atoms with Crippen LogP contribution in [0.3, 0.4) is 0 Å². The number of thioether (sulfide) groups is 1. The lowest BCUT2D eigenvalue weighted by Crippen LogP contribution is -2.31. The van der Waals surface area contributed by atoms with Crippen LogP contribution in [0.15, 0.2) is 0 Å². The lowest BCUT2D eigenvalue weighted by molar-refractivity contribution is 0.247. The second-order valence-electron chi connectivity index (χ2n) is 2.37. The van der Waals surface area contributed by atoms with Crippen LogP contribution >= 0.6 is 11.8 Å².